The molecule has 8 nitrogen and oxygen atoms in total. The largest absolute Gasteiger partial charge is 0.320 e. The third-order valence-electron chi connectivity index (χ3n) is 5.39. The fraction of sp³-hybridized carbons (Fsp3) is 0.474. The summed E-state index contributed by atoms with van der Waals surface area (Å²) < 4.78 is 29.5. The molecule has 0 spiro atoms. The normalized spacial score (nSPS) is 21.8. The SMILES string of the molecule is CN(C)CC(=O)Nc1ccc2n(c1=O)C[C@@H]1C[C@@H]2CN(S(=O)(=O)c2cccs2)C1. The Morgan fingerprint density at radius 3 is 2.72 bits per heavy atom. The van der Waals surface area contributed by atoms with Crippen molar-refractivity contribution in [2.75, 3.05) is 39.0 Å². The maximum absolute atomic E-state index is 12.9. The number of pyridine rings is 1. The summed E-state index contributed by atoms with van der Waals surface area (Å²) in [4.78, 5) is 26.7. The molecule has 1 amide bonds. The third kappa shape index (κ3) is 3.89. The molecule has 4 heterocycles. The van der Waals surface area contributed by atoms with E-state index in [0.717, 1.165) is 12.1 Å². The van der Waals surface area contributed by atoms with E-state index in [4.69, 9.17) is 0 Å². The minimum absolute atomic E-state index is 0.0311. The van der Waals surface area contributed by atoms with Gasteiger partial charge in [-0.2, -0.15) is 4.31 Å². The van der Waals surface area contributed by atoms with Gasteiger partial charge >= 0.3 is 0 Å². The number of carbonyl (C=O) groups is 1. The van der Waals surface area contributed by atoms with Crippen LogP contribution < -0.4 is 10.9 Å². The molecule has 2 atom stereocenters. The van der Waals surface area contributed by atoms with Gasteiger partial charge in [0, 0.05) is 31.2 Å². The van der Waals surface area contributed by atoms with Crippen LogP contribution in [0.2, 0.25) is 0 Å². The number of nitrogens with one attached hydrogen (secondary N) is 1. The number of thiophene rings is 1. The van der Waals surface area contributed by atoms with Crippen LogP contribution in [0.1, 0.15) is 18.0 Å². The van der Waals surface area contributed by atoms with Crippen LogP contribution in [-0.2, 0) is 21.4 Å². The maximum Gasteiger partial charge on any atom is 0.274 e. The summed E-state index contributed by atoms with van der Waals surface area (Å²) in [5, 5.41) is 4.45. The molecule has 29 heavy (non-hydrogen) atoms. The van der Waals surface area contributed by atoms with Gasteiger partial charge in [-0.25, -0.2) is 8.42 Å². The number of hydrogen-bond donors (Lipinski definition) is 1. The second-order valence-corrected chi connectivity index (χ2v) is 11.0. The van der Waals surface area contributed by atoms with Crippen LogP contribution >= 0.6 is 11.3 Å². The first-order chi connectivity index (χ1) is 13.8. The minimum Gasteiger partial charge on any atom is -0.320 e. The average molecular weight is 437 g/mol. The molecule has 10 heteroatoms. The molecule has 1 fully saturated rings. The number of fused-ring (bicyclic) bond motifs is 4. The van der Waals surface area contributed by atoms with E-state index in [1.54, 1.807) is 51.4 Å². The molecule has 4 rings (SSSR count). The molecule has 1 N–H and O–H groups in total. The number of sulfonamides is 1. The van der Waals surface area contributed by atoms with Gasteiger partial charge < -0.3 is 14.8 Å². The molecular formula is C19H24N4O4S2. The summed E-state index contributed by atoms with van der Waals surface area (Å²) in [7, 11) is 0.0701. The minimum atomic E-state index is -3.51. The van der Waals surface area contributed by atoms with E-state index in [1.807, 2.05) is 6.07 Å². The van der Waals surface area contributed by atoms with E-state index in [-0.39, 0.29) is 35.5 Å². The van der Waals surface area contributed by atoms with Gasteiger partial charge in [0.05, 0.1) is 6.54 Å². The van der Waals surface area contributed by atoms with Crippen molar-refractivity contribution in [3.63, 3.8) is 0 Å². The molecule has 2 aromatic heterocycles. The quantitative estimate of drug-likeness (QED) is 0.761. The van der Waals surface area contributed by atoms with Crippen molar-refractivity contribution in [3.05, 3.63) is 45.7 Å². The Labute approximate surface area is 173 Å². The van der Waals surface area contributed by atoms with Crippen molar-refractivity contribution in [2.45, 2.75) is 23.1 Å². The Morgan fingerprint density at radius 1 is 1.24 bits per heavy atom. The van der Waals surface area contributed by atoms with Crippen molar-refractivity contribution in [2.24, 2.45) is 5.92 Å². The topological polar surface area (TPSA) is 91.7 Å². The lowest BCUT2D eigenvalue weighted by Gasteiger charge is -2.42. The van der Waals surface area contributed by atoms with Crippen LogP contribution in [0.25, 0.3) is 0 Å². The van der Waals surface area contributed by atoms with E-state index in [2.05, 4.69) is 5.32 Å². The van der Waals surface area contributed by atoms with E-state index < -0.39 is 10.0 Å². The van der Waals surface area contributed by atoms with Crippen molar-refractivity contribution >= 4 is 33.0 Å². The Morgan fingerprint density at radius 2 is 2.03 bits per heavy atom. The van der Waals surface area contributed by atoms with Gasteiger partial charge in [0.2, 0.25) is 5.91 Å². The number of anilines is 1. The van der Waals surface area contributed by atoms with Crippen molar-refractivity contribution in [3.8, 4) is 0 Å². The van der Waals surface area contributed by atoms with Gasteiger partial charge in [-0.1, -0.05) is 6.07 Å². The van der Waals surface area contributed by atoms with E-state index >= 15 is 0 Å². The van der Waals surface area contributed by atoms with Crippen LogP contribution in [0.15, 0.2) is 38.6 Å². The average Bonchev–Trinajstić information content (AvgIpc) is 3.19. The standard InChI is InChI=1S/C19H24N4O4S2/c1-21(2)12-17(24)20-15-5-6-16-14-8-13(10-23(16)19(15)25)9-22(11-14)29(26,27)18-4-3-7-28-18/h3-7,13-14H,8-12H2,1-2H3,(H,20,24)/t13-,14-/m1/s1. The molecular weight excluding hydrogens is 412 g/mol. The first-order valence-electron chi connectivity index (χ1n) is 9.47. The van der Waals surface area contributed by atoms with Crippen molar-refractivity contribution in [1.82, 2.24) is 13.8 Å². The molecule has 0 aromatic carbocycles. The zero-order valence-corrected chi connectivity index (χ0v) is 18.0. The number of piperidine rings is 1. The van der Waals surface area contributed by atoms with Gasteiger partial charge in [0.25, 0.3) is 15.6 Å². The molecule has 0 radical (unpaired) electrons. The number of aromatic nitrogens is 1. The number of amides is 1. The Bertz CT molecular complexity index is 1080. The highest BCUT2D eigenvalue weighted by Gasteiger charge is 2.40. The van der Waals surface area contributed by atoms with E-state index in [1.165, 1.54) is 11.3 Å². The summed E-state index contributed by atoms with van der Waals surface area (Å²) in [6, 6.07) is 6.85. The smallest absolute Gasteiger partial charge is 0.274 e. The van der Waals surface area contributed by atoms with Crippen LogP contribution in [0.5, 0.6) is 0 Å². The van der Waals surface area contributed by atoms with E-state index in [0.29, 0.717) is 23.8 Å². The van der Waals surface area contributed by atoms with Crippen LogP contribution in [0.4, 0.5) is 5.69 Å². The predicted octanol–water partition coefficient (Wildman–Crippen LogP) is 1.22. The fourth-order valence-corrected chi connectivity index (χ4v) is 6.91. The number of likely N-dealkylation sites (N-methyl/N-ethyl adjacent to an activating group) is 1. The lowest BCUT2D eigenvalue weighted by molar-refractivity contribution is -0.116. The number of hydrogen-bond acceptors (Lipinski definition) is 6. The fourth-order valence-electron chi connectivity index (χ4n) is 4.21. The van der Waals surface area contributed by atoms with Crippen LogP contribution in [-0.4, -0.2) is 61.8 Å². The summed E-state index contributed by atoms with van der Waals surface area (Å²) in [5.41, 5.74) is 0.880. The van der Waals surface area contributed by atoms with Gasteiger partial charge in [-0.3, -0.25) is 9.59 Å². The Balaban J connectivity index is 1.60. The molecule has 2 aliphatic heterocycles. The first kappa shape index (κ1) is 20.3. The van der Waals surface area contributed by atoms with Crippen LogP contribution in [0.3, 0.4) is 0 Å². The lowest BCUT2D eigenvalue weighted by atomic mass is 9.84. The molecule has 0 saturated carbocycles. The molecule has 1 saturated heterocycles. The molecule has 2 aromatic rings. The maximum atomic E-state index is 12.9. The first-order valence-corrected chi connectivity index (χ1v) is 11.8. The van der Waals surface area contributed by atoms with E-state index in [9.17, 15) is 18.0 Å². The zero-order valence-electron chi connectivity index (χ0n) is 16.4. The summed E-state index contributed by atoms with van der Waals surface area (Å²) in [6.45, 7) is 1.42. The van der Waals surface area contributed by atoms with Gasteiger partial charge in [0.15, 0.2) is 0 Å². The zero-order chi connectivity index (χ0) is 20.8. The van der Waals surface area contributed by atoms with Crippen molar-refractivity contribution in [1.29, 1.82) is 0 Å². The summed E-state index contributed by atoms with van der Waals surface area (Å²) >= 11 is 1.22. The molecule has 2 bridgehead atoms. The lowest BCUT2D eigenvalue weighted by Crippen LogP contribution is -2.49. The van der Waals surface area contributed by atoms with Crippen molar-refractivity contribution < 1.29 is 13.2 Å². The highest BCUT2D eigenvalue weighted by molar-refractivity contribution is 7.91. The monoisotopic (exact) mass is 436 g/mol. The second kappa shape index (κ2) is 7.67. The highest BCUT2D eigenvalue weighted by atomic mass is 32.2. The second-order valence-electron chi connectivity index (χ2n) is 7.93. The molecule has 156 valence electrons. The van der Waals surface area contributed by atoms with Gasteiger partial charge in [-0.05, 0) is 50.0 Å². The summed E-state index contributed by atoms with van der Waals surface area (Å²) in [5.74, 6) is -0.199. The number of carbonyl (C=O) groups excluding carboxylic acids is 1. The van der Waals surface area contributed by atoms with Gasteiger partial charge in [0.1, 0.15) is 9.90 Å². The number of nitrogens with zero attached hydrogens (tertiary/aromatic N) is 3. The van der Waals surface area contributed by atoms with Crippen LogP contribution in [0, 0.1) is 5.92 Å². The highest BCUT2D eigenvalue weighted by Crippen LogP contribution is 2.38. The third-order valence-corrected chi connectivity index (χ3v) is 8.60. The molecule has 0 unspecified atom stereocenters. The predicted molar refractivity (Wildman–Crippen MR) is 112 cm³/mol. The number of rotatable bonds is 5. The Hall–Kier alpha value is -2.01. The molecule has 0 aliphatic carbocycles. The van der Waals surface area contributed by atoms with Gasteiger partial charge in [-0.15, -0.1) is 11.3 Å². The molecule has 2 aliphatic rings. The summed E-state index contributed by atoms with van der Waals surface area (Å²) in [6.07, 6.45) is 0.863. The Kier molecular flexibility index (Phi) is 5.36.